The monoisotopic (exact) mass is 243 g/mol. The molecule has 0 aliphatic heterocycles. The Balaban J connectivity index is 1.84. The highest BCUT2D eigenvalue weighted by molar-refractivity contribution is 5.79. The summed E-state index contributed by atoms with van der Waals surface area (Å²) in [6, 6.07) is 21.4. The predicted molar refractivity (Wildman–Crippen MR) is 77.9 cm³/mol. The Morgan fingerprint density at radius 1 is 0.737 bits per heavy atom. The lowest BCUT2D eigenvalue weighted by molar-refractivity contribution is 1.25. The number of pyridine rings is 1. The molecule has 2 aromatic carbocycles. The maximum absolute atomic E-state index is 4.42. The summed E-state index contributed by atoms with van der Waals surface area (Å²) in [6.45, 7) is 0. The first kappa shape index (κ1) is 10.5. The quantitative estimate of drug-likeness (QED) is 0.485. The molecular formula is C18H13N. The van der Waals surface area contributed by atoms with Crippen LogP contribution in [0.3, 0.4) is 0 Å². The summed E-state index contributed by atoms with van der Waals surface area (Å²) in [5.74, 6) is 0. The van der Waals surface area contributed by atoms with Gasteiger partial charge in [-0.2, -0.15) is 0 Å². The van der Waals surface area contributed by atoms with E-state index < -0.39 is 0 Å². The van der Waals surface area contributed by atoms with E-state index in [1.54, 1.807) is 0 Å². The lowest BCUT2D eigenvalue weighted by Gasteiger charge is -2.04. The molecule has 0 saturated carbocycles. The topological polar surface area (TPSA) is 12.9 Å². The minimum atomic E-state index is 1.03. The zero-order valence-corrected chi connectivity index (χ0v) is 10.5. The van der Waals surface area contributed by atoms with Gasteiger partial charge in [-0.3, -0.25) is 4.98 Å². The molecule has 0 bridgehead atoms. The SMILES string of the molecule is c1ccc(-c2ccc3c(c2)Cc2ccccc2-3)nc1. The molecule has 19 heavy (non-hydrogen) atoms. The van der Waals surface area contributed by atoms with Gasteiger partial charge in [0.05, 0.1) is 5.69 Å². The fourth-order valence-electron chi connectivity index (χ4n) is 2.84. The van der Waals surface area contributed by atoms with E-state index in [4.69, 9.17) is 0 Å². The second kappa shape index (κ2) is 4.06. The standard InChI is InChI=1S/C18H13N/c1-2-6-16-13(5-1)11-15-12-14(8-9-17(15)16)18-7-3-4-10-19-18/h1-10,12H,11H2. The first-order valence-corrected chi connectivity index (χ1v) is 6.54. The summed E-state index contributed by atoms with van der Waals surface area (Å²) in [4.78, 5) is 4.42. The molecule has 1 aromatic heterocycles. The molecule has 0 N–H and O–H groups in total. The predicted octanol–water partition coefficient (Wildman–Crippen LogP) is 4.32. The number of fused-ring (bicyclic) bond motifs is 3. The molecular weight excluding hydrogens is 230 g/mol. The maximum Gasteiger partial charge on any atom is 0.0702 e. The lowest BCUT2D eigenvalue weighted by atomic mass is 10.0. The molecule has 0 atom stereocenters. The van der Waals surface area contributed by atoms with Crippen LogP contribution in [-0.4, -0.2) is 4.98 Å². The normalized spacial score (nSPS) is 12.0. The van der Waals surface area contributed by atoms with Crippen LogP contribution in [0.4, 0.5) is 0 Å². The second-order valence-corrected chi connectivity index (χ2v) is 4.92. The fraction of sp³-hybridized carbons (Fsp3) is 0.0556. The Hall–Kier alpha value is -2.41. The molecule has 0 saturated heterocycles. The number of aromatic nitrogens is 1. The number of rotatable bonds is 1. The van der Waals surface area contributed by atoms with Gasteiger partial charge in [-0.05, 0) is 46.9 Å². The van der Waals surface area contributed by atoms with E-state index in [9.17, 15) is 0 Å². The molecule has 0 amide bonds. The molecule has 1 aliphatic carbocycles. The van der Waals surface area contributed by atoms with Crippen LogP contribution in [0.2, 0.25) is 0 Å². The molecule has 3 aromatic rings. The number of hydrogen-bond acceptors (Lipinski definition) is 1. The molecule has 1 heterocycles. The average Bonchev–Trinajstić information content (AvgIpc) is 2.86. The number of nitrogens with zero attached hydrogens (tertiary/aromatic N) is 1. The van der Waals surface area contributed by atoms with Gasteiger partial charge in [-0.25, -0.2) is 0 Å². The summed E-state index contributed by atoms with van der Waals surface area (Å²) in [7, 11) is 0. The van der Waals surface area contributed by atoms with Crippen molar-refractivity contribution < 1.29 is 0 Å². The third-order valence-corrected chi connectivity index (χ3v) is 3.75. The van der Waals surface area contributed by atoms with Gasteiger partial charge in [0.15, 0.2) is 0 Å². The Kier molecular flexibility index (Phi) is 2.25. The van der Waals surface area contributed by atoms with Crippen LogP contribution in [0.5, 0.6) is 0 Å². The second-order valence-electron chi connectivity index (χ2n) is 4.92. The fourth-order valence-corrected chi connectivity index (χ4v) is 2.84. The van der Waals surface area contributed by atoms with Crippen molar-refractivity contribution in [1.29, 1.82) is 0 Å². The summed E-state index contributed by atoms with van der Waals surface area (Å²) in [5.41, 5.74) is 7.83. The molecule has 1 nitrogen and oxygen atoms in total. The largest absolute Gasteiger partial charge is 0.256 e. The van der Waals surface area contributed by atoms with E-state index in [2.05, 4.69) is 53.5 Å². The minimum Gasteiger partial charge on any atom is -0.256 e. The van der Waals surface area contributed by atoms with E-state index in [0.717, 1.165) is 12.1 Å². The average molecular weight is 243 g/mol. The number of benzene rings is 2. The highest BCUT2D eigenvalue weighted by Crippen LogP contribution is 2.37. The van der Waals surface area contributed by atoms with Crippen LogP contribution in [0, 0.1) is 0 Å². The maximum atomic E-state index is 4.42. The molecule has 1 heteroatoms. The smallest absolute Gasteiger partial charge is 0.0702 e. The molecule has 0 radical (unpaired) electrons. The molecule has 0 fully saturated rings. The molecule has 90 valence electrons. The highest BCUT2D eigenvalue weighted by Gasteiger charge is 2.18. The van der Waals surface area contributed by atoms with Gasteiger partial charge < -0.3 is 0 Å². The van der Waals surface area contributed by atoms with E-state index in [1.807, 2.05) is 18.3 Å². The van der Waals surface area contributed by atoms with Crippen LogP contribution >= 0.6 is 0 Å². The van der Waals surface area contributed by atoms with Gasteiger partial charge in [0, 0.05) is 11.8 Å². The van der Waals surface area contributed by atoms with Crippen LogP contribution in [0.1, 0.15) is 11.1 Å². The van der Waals surface area contributed by atoms with E-state index in [1.165, 1.54) is 27.8 Å². The molecule has 0 spiro atoms. The van der Waals surface area contributed by atoms with Crippen molar-refractivity contribution in [3.63, 3.8) is 0 Å². The third kappa shape index (κ3) is 1.66. The van der Waals surface area contributed by atoms with Gasteiger partial charge in [0.1, 0.15) is 0 Å². The van der Waals surface area contributed by atoms with Crippen molar-refractivity contribution in [2.75, 3.05) is 0 Å². The Bertz CT molecular complexity index is 745. The molecule has 4 rings (SSSR count). The summed E-state index contributed by atoms with van der Waals surface area (Å²) in [6.07, 6.45) is 2.88. The lowest BCUT2D eigenvalue weighted by Crippen LogP contribution is -1.85. The van der Waals surface area contributed by atoms with Crippen molar-refractivity contribution in [1.82, 2.24) is 4.98 Å². The first-order chi connectivity index (χ1) is 9.42. The Labute approximate surface area is 112 Å². The highest BCUT2D eigenvalue weighted by atomic mass is 14.7. The van der Waals surface area contributed by atoms with E-state index >= 15 is 0 Å². The third-order valence-electron chi connectivity index (χ3n) is 3.75. The Morgan fingerprint density at radius 3 is 2.47 bits per heavy atom. The van der Waals surface area contributed by atoms with Crippen LogP contribution in [0.25, 0.3) is 22.4 Å². The first-order valence-electron chi connectivity index (χ1n) is 6.54. The van der Waals surface area contributed by atoms with Crippen LogP contribution in [-0.2, 0) is 6.42 Å². The summed E-state index contributed by atoms with van der Waals surface area (Å²) in [5, 5.41) is 0. The van der Waals surface area contributed by atoms with Crippen molar-refractivity contribution in [3.05, 3.63) is 78.0 Å². The van der Waals surface area contributed by atoms with E-state index in [-0.39, 0.29) is 0 Å². The van der Waals surface area contributed by atoms with Gasteiger partial charge in [-0.1, -0.05) is 42.5 Å². The summed E-state index contributed by atoms with van der Waals surface area (Å²) >= 11 is 0. The van der Waals surface area contributed by atoms with Gasteiger partial charge in [0.25, 0.3) is 0 Å². The van der Waals surface area contributed by atoms with Gasteiger partial charge in [0.2, 0.25) is 0 Å². The van der Waals surface area contributed by atoms with Crippen molar-refractivity contribution in [2.24, 2.45) is 0 Å². The zero-order chi connectivity index (χ0) is 12.7. The number of hydrogen-bond donors (Lipinski definition) is 0. The van der Waals surface area contributed by atoms with Crippen molar-refractivity contribution in [3.8, 4) is 22.4 Å². The molecule has 1 aliphatic rings. The molecule has 0 unspecified atom stereocenters. The van der Waals surface area contributed by atoms with Crippen molar-refractivity contribution in [2.45, 2.75) is 6.42 Å². The van der Waals surface area contributed by atoms with Crippen molar-refractivity contribution >= 4 is 0 Å². The Morgan fingerprint density at radius 2 is 1.58 bits per heavy atom. The van der Waals surface area contributed by atoms with Gasteiger partial charge >= 0.3 is 0 Å². The van der Waals surface area contributed by atoms with Crippen LogP contribution < -0.4 is 0 Å². The van der Waals surface area contributed by atoms with Crippen LogP contribution in [0.15, 0.2) is 66.9 Å². The minimum absolute atomic E-state index is 1.03. The van der Waals surface area contributed by atoms with E-state index in [0.29, 0.717) is 0 Å². The summed E-state index contributed by atoms with van der Waals surface area (Å²) < 4.78 is 0. The van der Waals surface area contributed by atoms with Gasteiger partial charge in [-0.15, -0.1) is 0 Å². The zero-order valence-electron chi connectivity index (χ0n) is 10.5.